The lowest BCUT2D eigenvalue weighted by molar-refractivity contribution is -0.178. The third-order valence-corrected chi connectivity index (χ3v) is 3.01. The van der Waals surface area contributed by atoms with Gasteiger partial charge in [0.05, 0.1) is 13.2 Å². The number of nitrogens with two attached hydrogens (primary N) is 1. The fourth-order valence-corrected chi connectivity index (χ4v) is 1.73. The van der Waals surface area contributed by atoms with Crippen molar-refractivity contribution in [3.63, 3.8) is 0 Å². The molecular weight excluding hydrogens is 225 g/mol. The molecule has 0 aromatic rings. The Morgan fingerprint density at radius 3 is 1.94 bits per heavy atom. The Kier molecular flexibility index (Phi) is 10.1. The van der Waals surface area contributed by atoms with E-state index in [0.717, 1.165) is 25.7 Å². The summed E-state index contributed by atoms with van der Waals surface area (Å²) in [6, 6.07) is 0. The molecule has 0 spiro atoms. The number of rotatable bonds is 11. The van der Waals surface area contributed by atoms with E-state index in [1.165, 1.54) is 0 Å². The quantitative estimate of drug-likeness (QED) is 0.347. The molecule has 0 radical (unpaired) electrons. The van der Waals surface area contributed by atoms with Crippen molar-refractivity contribution >= 4 is 8.46 Å². The lowest BCUT2D eigenvalue weighted by Crippen LogP contribution is -2.33. The number of ether oxygens (including phenoxy) is 2. The molecular formula is C11H24NO3P. The van der Waals surface area contributed by atoms with Gasteiger partial charge < -0.3 is 15.2 Å². The first-order valence-corrected chi connectivity index (χ1v) is 6.88. The monoisotopic (exact) mass is 249 g/mol. The second-order valence-corrected chi connectivity index (χ2v) is 4.61. The molecule has 0 heterocycles. The molecule has 0 aliphatic carbocycles. The van der Waals surface area contributed by atoms with Crippen molar-refractivity contribution in [1.82, 2.24) is 0 Å². The van der Waals surface area contributed by atoms with Crippen LogP contribution >= 0.6 is 8.46 Å². The Balaban J connectivity index is 4.14. The molecule has 16 heavy (non-hydrogen) atoms. The van der Waals surface area contributed by atoms with Crippen LogP contribution in [-0.4, -0.2) is 25.3 Å². The lowest BCUT2D eigenvalue weighted by atomic mass is 10.3. The van der Waals surface area contributed by atoms with E-state index in [4.69, 9.17) is 15.2 Å². The summed E-state index contributed by atoms with van der Waals surface area (Å²) in [4.78, 5) is 0. The molecule has 0 saturated carbocycles. The van der Waals surface area contributed by atoms with Gasteiger partial charge in [0, 0.05) is 6.42 Å². The summed E-state index contributed by atoms with van der Waals surface area (Å²) >= 11 is 0. The molecule has 0 atom stereocenters. The molecule has 0 aliphatic rings. The minimum Gasteiger partial charge on any atom is -0.340 e. The predicted octanol–water partition coefficient (Wildman–Crippen LogP) is 2.91. The van der Waals surface area contributed by atoms with Crippen LogP contribution in [0.2, 0.25) is 0 Å². The smallest absolute Gasteiger partial charge is 0.252 e. The summed E-state index contributed by atoms with van der Waals surface area (Å²) in [7, 11) is -0.129. The Hall–Kier alpha value is -0.0200. The van der Waals surface area contributed by atoms with Gasteiger partial charge in [0.15, 0.2) is 0 Å². The van der Waals surface area contributed by atoms with Crippen molar-refractivity contribution < 1.29 is 14.0 Å². The third kappa shape index (κ3) is 6.54. The fraction of sp³-hybridized carbons (Fsp3) is 1.00. The maximum Gasteiger partial charge on any atom is 0.252 e. The molecule has 0 fully saturated rings. The Morgan fingerprint density at radius 1 is 1.12 bits per heavy atom. The Bertz CT molecular complexity index is 169. The van der Waals surface area contributed by atoms with Crippen LogP contribution in [0.25, 0.3) is 0 Å². The van der Waals surface area contributed by atoms with E-state index in [2.05, 4.69) is 13.8 Å². The van der Waals surface area contributed by atoms with Gasteiger partial charge in [0.25, 0.3) is 5.53 Å². The van der Waals surface area contributed by atoms with E-state index in [9.17, 15) is 4.57 Å². The molecule has 2 N–H and O–H groups in total. The van der Waals surface area contributed by atoms with Gasteiger partial charge in [-0.05, 0) is 19.4 Å². The van der Waals surface area contributed by atoms with Gasteiger partial charge in [-0.25, -0.2) is 0 Å². The first kappa shape index (κ1) is 16.0. The average Bonchev–Trinajstić information content (AvgIpc) is 2.29. The maximum absolute atomic E-state index is 11.2. The molecule has 5 heteroatoms. The second kappa shape index (κ2) is 10.2. The van der Waals surface area contributed by atoms with Crippen molar-refractivity contribution in [1.29, 1.82) is 0 Å². The Labute approximate surface area is 100 Å². The largest absolute Gasteiger partial charge is 0.340 e. The maximum atomic E-state index is 11.2. The lowest BCUT2D eigenvalue weighted by Gasteiger charge is -2.26. The predicted molar refractivity (Wildman–Crippen MR) is 65.7 cm³/mol. The molecule has 0 aromatic carbocycles. The van der Waals surface area contributed by atoms with Crippen LogP contribution in [0.3, 0.4) is 0 Å². The van der Waals surface area contributed by atoms with Crippen LogP contribution in [0.4, 0.5) is 0 Å². The topological polar surface area (TPSA) is 61.6 Å². The van der Waals surface area contributed by atoms with Crippen LogP contribution in [-0.2, 0) is 14.0 Å². The molecule has 0 amide bonds. The van der Waals surface area contributed by atoms with Crippen LogP contribution in [0, 0.1) is 0 Å². The summed E-state index contributed by atoms with van der Waals surface area (Å²) in [5.41, 5.74) is 4.48. The number of hydrogen-bond donors (Lipinski definition) is 1. The van der Waals surface area contributed by atoms with Crippen LogP contribution in [0.15, 0.2) is 0 Å². The zero-order valence-corrected chi connectivity index (χ0v) is 11.3. The van der Waals surface area contributed by atoms with Gasteiger partial charge in [-0.3, -0.25) is 4.57 Å². The van der Waals surface area contributed by atoms with Crippen molar-refractivity contribution in [2.45, 2.75) is 51.5 Å². The van der Waals surface area contributed by atoms with Gasteiger partial charge in [-0.1, -0.05) is 26.7 Å². The van der Waals surface area contributed by atoms with Crippen LogP contribution in [0.5, 0.6) is 0 Å². The zero-order chi connectivity index (χ0) is 12.3. The summed E-state index contributed by atoms with van der Waals surface area (Å²) in [5, 5.41) is 0. The molecule has 0 unspecified atom stereocenters. The molecule has 0 bridgehead atoms. The number of unbranched alkanes of at least 4 members (excludes halogenated alkanes) is 2. The van der Waals surface area contributed by atoms with E-state index in [-0.39, 0.29) is 8.46 Å². The van der Waals surface area contributed by atoms with Crippen molar-refractivity contribution in [2.24, 2.45) is 5.73 Å². The summed E-state index contributed by atoms with van der Waals surface area (Å²) in [5.74, 6) is 0. The molecule has 0 rings (SSSR count). The van der Waals surface area contributed by atoms with Gasteiger partial charge in [-0.2, -0.15) is 0 Å². The molecule has 96 valence electrons. The van der Waals surface area contributed by atoms with Crippen molar-refractivity contribution in [3.8, 4) is 0 Å². The van der Waals surface area contributed by atoms with Gasteiger partial charge in [-0.15, -0.1) is 0 Å². The van der Waals surface area contributed by atoms with E-state index in [0.29, 0.717) is 26.2 Å². The summed E-state index contributed by atoms with van der Waals surface area (Å²) < 4.78 is 22.4. The average molecular weight is 249 g/mol. The summed E-state index contributed by atoms with van der Waals surface area (Å²) in [6.07, 6.45) is 4.44. The highest BCUT2D eigenvalue weighted by Gasteiger charge is 2.32. The third-order valence-electron chi connectivity index (χ3n) is 2.25. The van der Waals surface area contributed by atoms with Gasteiger partial charge in [0.2, 0.25) is 8.46 Å². The highest BCUT2D eigenvalue weighted by Crippen LogP contribution is 2.30. The minimum atomic E-state index is -1.01. The van der Waals surface area contributed by atoms with Gasteiger partial charge >= 0.3 is 0 Å². The number of hydrogen-bond acceptors (Lipinski definition) is 4. The van der Waals surface area contributed by atoms with E-state index < -0.39 is 5.53 Å². The SMILES string of the molecule is CCCCOC(CCN)(OCCCC)P=O. The van der Waals surface area contributed by atoms with Crippen LogP contribution in [0.1, 0.15) is 46.0 Å². The van der Waals surface area contributed by atoms with Crippen molar-refractivity contribution in [2.75, 3.05) is 19.8 Å². The van der Waals surface area contributed by atoms with Gasteiger partial charge in [0.1, 0.15) is 0 Å². The first-order valence-electron chi connectivity index (χ1n) is 6.07. The van der Waals surface area contributed by atoms with E-state index in [1.54, 1.807) is 0 Å². The van der Waals surface area contributed by atoms with Crippen LogP contribution < -0.4 is 5.73 Å². The minimum absolute atomic E-state index is 0.129. The molecule has 0 aromatic heterocycles. The molecule has 4 nitrogen and oxygen atoms in total. The zero-order valence-electron chi connectivity index (χ0n) is 10.4. The highest BCUT2D eigenvalue weighted by molar-refractivity contribution is 7.25. The first-order chi connectivity index (χ1) is 7.74. The second-order valence-electron chi connectivity index (χ2n) is 3.75. The molecule has 0 aliphatic heterocycles. The van der Waals surface area contributed by atoms with E-state index >= 15 is 0 Å². The molecule has 0 saturated heterocycles. The highest BCUT2D eigenvalue weighted by atomic mass is 31.1. The normalized spacial score (nSPS) is 12.2. The fourth-order valence-electron chi connectivity index (χ4n) is 1.22. The van der Waals surface area contributed by atoms with Crippen molar-refractivity contribution in [3.05, 3.63) is 0 Å². The summed E-state index contributed by atoms with van der Waals surface area (Å²) in [6.45, 7) is 5.71. The standard InChI is InChI=1S/C11H24NO3P/c1-3-5-9-14-11(16-13,7-8-12)15-10-6-4-2/h3-10,12H2,1-2H3. The van der Waals surface area contributed by atoms with E-state index in [1.807, 2.05) is 0 Å². The Morgan fingerprint density at radius 2 is 1.62 bits per heavy atom.